The Hall–Kier alpha value is -4.22. The summed E-state index contributed by atoms with van der Waals surface area (Å²) in [6.45, 7) is -0.274. The Balaban J connectivity index is 1.64. The lowest BCUT2D eigenvalue weighted by Gasteiger charge is -2.09. The number of imidazole rings is 1. The molecule has 0 atom stereocenters. The molecule has 0 aliphatic carbocycles. The number of aromatic nitrogens is 2. The zero-order valence-electron chi connectivity index (χ0n) is 16.4. The maximum Gasteiger partial charge on any atom is 0.311 e. The quantitative estimate of drug-likeness (QED) is 0.224. The number of nitro groups is 1. The van der Waals surface area contributed by atoms with E-state index < -0.39 is 10.7 Å². The number of nitrogens with zero attached hydrogens (tertiary/aromatic N) is 3. The first-order valence-electron chi connectivity index (χ1n) is 9.37. The van der Waals surface area contributed by atoms with Crippen LogP contribution in [0.25, 0.3) is 22.7 Å². The van der Waals surface area contributed by atoms with Gasteiger partial charge in [-0.25, -0.2) is 9.37 Å². The molecule has 32 heavy (non-hydrogen) atoms. The summed E-state index contributed by atoms with van der Waals surface area (Å²) in [4.78, 5) is 18.4. The Morgan fingerprint density at radius 3 is 2.78 bits per heavy atom. The van der Waals surface area contributed by atoms with Gasteiger partial charge in [-0.05, 0) is 42.0 Å². The molecule has 0 saturated carbocycles. The number of nitro benzene ring substituents is 1. The average molecular weight is 449 g/mol. The minimum Gasteiger partial charge on any atom is -0.482 e. The number of nitriles is 1. The summed E-state index contributed by atoms with van der Waals surface area (Å²) in [7, 11) is 0. The largest absolute Gasteiger partial charge is 0.482 e. The third-order valence-electron chi connectivity index (χ3n) is 4.69. The third kappa shape index (κ3) is 4.29. The fourth-order valence-electron chi connectivity index (χ4n) is 3.11. The van der Waals surface area contributed by atoms with Gasteiger partial charge in [-0.3, -0.25) is 10.1 Å². The number of aromatic amines is 1. The van der Waals surface area contributed by atoms with E-state index in [9.17, 15) is 19.8 Å². The molecular formula is C23H14ClFN4O3. The Morgan fingerprint density at radius 1 is 1.25 bits per heavy atom. The van der Waals surface area contributed by atoms with E-state index in [0.29, 0.717) is 16.9 Å². The van der Waals surface area contributed by atoms with Crippen LogP contribution in [0.3, 0.4) is 0 Å². The number of ether oxygens (including phenoxy) is 1. The zero-order chi connectivity index (χ0) is 22.7. The van der Waals surface area contributed by atoms with E-state index in [-0.39, 0.29) is 34.2 Å². The van der Waals surface area contributed by atoms with Gasteiger partial charge in [-0.2, -0.15) is 5.26 Å². The molecule has 1 aromatic heterocycles. The van der Waals surface area contributed by atoms with Gasteiger partial charge in [0.25, 0.3) is 0 Å². The lowest BCUT2D eigenvalue weighted by molar-refractivity contribution is -0.386. The molecule has 4 aromatic rings. The lowest BCUT2D eigenvalue weighted by Crippen LogP contribution is -2.02. The van der Waals surface area contributed by atoms with Crippen LogP contribution in [-0.4, -0.2) is 14.9 Å². The van der Waals surface area contributed by atoms with Gasteiger partial charge in [0, 0.05) is 11.6 Å². The number of allylic oxidation sites excluding steroid dienone is 1. The second kappa shape index (κ2) is 8.88. The molecule has 0 amide bonds. The van der Waals surface area contributed by atoms with Crippen LogP contribution in [0.1, 0.15) is 17.0 Å². The van der Waals surface area contributed by atoms with Crippen molar-refractivity contribution >= 4 is 40.0 Å². The number of H-pyrrole nitrogens is 1. The van der Waals surface area contributed by atoms with E-state index in [1.165, 1.54) is 36.4 Å². The normalized spacial score (nSPS) is 11.3. The van der Waals surface area contributed by atoms with Gasteiger partial charge in [0.2, 0.25) is 0 Å². The van der Waals surface area contributed by atoms with Gasteiger partial charge in [-0.15, -0.1) is 0 Å². The molecule has 1 N–H and O–H groups in total. The molecule has 7 nitrogen and oxygen atoms in total. The summed E-state index contributed by atoms with van der Waals surface area (Å²) in [5, 5.41) is 21.3. The molecule has 0 aliphatic heterocycles. The van der Waals surface area contributed by atoms with E-state index in [1.54, 1.807) is 6.07 Å². The molecule has 9 heteroatoms. The Kier molecular flexibility index (Phi) is 5.83. The van der Waals surface area contributed by atoms with Crippen molar-refractivity contribution in [1.29, 1.82) is 5.26 Å². The molecule has 4 rings (SSSR count). The predicted molar refractivity (Wildman–Crippen MR) is 118 cm³/mol. The second-order valence-electron chi connectivity index (χ2n) is 6.75. The average Bonchev–Trinajstić information content (AvgIpc) is 3.21. The van der Waals surface area contributed by atoms with Crippen molar-refractivity contribution in [2.24, 2.45) is 0 Å². The van der Waals surface area contributed by atoms with Gasteiger partial charge in [0.15, 0.2) is 5.75 Å². The van der Waals surface area contributed by atoms with Crippen LogP contribution >= 0.6 is 11.6 Å². The highest BCUT2D eigenvalue weighted by molar-refractivity contribution is 6.31. The molecule has 0 spiro atoms. The topological polar surface area (TPSA) is 105 Å². The number of para-hydroxylation sites is 2. The van der Waals surface area contributed by atoms with Crippen LogP contribution in [0.5, 0.6) is 5.75 Å². The van der Waals surface area contributed by atoms with Crippen LogP contribution in [0.15, 0.2) is 60.7 Å². The van der Waals surface area contributed by atoms with E-state index >= 15 is 0 Å². The van der Waals surface area contributed by atoms with Crippen LogP contribution in [0.4, 0.5) is 10.1 Å². The van der Waals surface area contributed by atoms with Crippen LogP contribution in [0, 0.1) is 27.3 Å². The fourth-order valence-corrected chi connectivity index (χ4v) is 3.33. The first-order valence-corrected chi connectivity index (χ1v) is 9.75. The number of fused-ring (bicyclic) bond motifs is 1. The van der Waals surface area contributed by atoms with Gasteiger partial charge in [0.05, 0.1) is 26.6 Å². The molecule has 0 saturated heterocycles. The first kappa shape index (κ1) is 21.0. The first-order chi connectivity index (χ1) is 15.5. The van der Waals surface area contributed by atoms with Crippen molar-refractivity contribution in [1.82, 2.24) is 9.97 Å². The van der Waals surface area contributed by atoms with Crippen molar-refractivity contribution in [2.45, 2.75) is 6.61 Å². The van der Waals surface area contributed by atoms with E-state index in [2.05, 4.69) is 16.0 Å². The second-order valence-corrected chi connectivity index (χ2v) is 7.15. The van der Waals surface area contributed by atoms with Gasteiger partial charge in [0.1, 0.15) is 24.3 Å². The molecule has 0 radical (unpaired) electrons. The third-order valence-corrected chi connectivity index (χ3v) is 5.04. The molecule has 1 heterocycles. The highest BCUT2D eigenvalue weighted by Crippen LogP contribution is 2.31. The number of halogens is 2. The number of benzene rings is 3. The number of hydrogen-bond donors (Lipinski definition) is 1. The Bertz CT molecular complexity index is 1350. The summed E-state index contributed by atoms with van der Waals surface area (Å²) in [6.07, 6.45) is 1.49. The monoisotopic (exact) mass is 448 g/mol. The summed E-state index contributed by atoms with van der Waals surface area (Å²) in [6, 6.07) is 17.8. The smallest absolute Gasteiger partial charge is 0.311 e. The summed E-state index contributed by atoms with van der Waals surface area (Å²) in [5.74, 6) is -0.260. The number of hydrogen-bond acceptors (Lipinski definition) is 5. The zero-order valence-corrected chi connectivity index (χ0v) is 17.1. The van der Waals surface area contributed by atoms with E-state index in [0.717, 1.165) is 5.52 Å². The van der Waals surface area contributed by atoms with Crippen LogP contribution < -0.4 is 4.74 Å². The summed E-state index contributed by atoms with van der Waals surface area (Å²) < 4.78 is 19.4. The lowest BCUT2D eigenvalue weighted by atomic mass is 10.1. The SMILES string of the molecule is N#CC(=Cc1ccc(OCc2c(F)cccc2Cl)c([N+](=O)[O-])c1)c1nc2ccccc2[nH]1. The highest BCUT2D eigenvalue weighted by Gasteiger charge is 2.18. The number of rotatable bonds is 6. The molecule has 158 valence electrons. The molecule has 3 aromatic carbocycles. The van der Waals surface area contributed by atoms with E-state index in [1.807, 2.05) is 24.3 Å². The molecule has 0 aliphatic rings. The standard InChI is InChI=1S/C23H14ClFN4O3/c24-17-4-3-5-18(25)16(17)13-32-22-9-8-14(11-21(22)29(30)31)10-15(12-26)23-27-19-6-1-2-7-20(19)28-23/h1-11H,13H2,(H,27,28). The maximum atomic E-state index is 14.0. The molecule has 0 fully saturated rings. The van der Waals surface area contributed by atoms with Crippen LogP contribution in [-0.2, 0) is 6.61 Å². The molecular weight excluding hydrogens is 435 g/mol. The molecule has 0 bridgehead atoms. The van der Waals surface area contributed by atoms with Crippen molar-refractivity contribution in [3.8, 4) is 11.8 Å². The summed E-state index contributed by atoms with van der Waals surface area (Å²) in [5.41, 5.74) is 1.86. The predicted octanol–water partition coefficient (Wildman–Crippen LogP) is 5.91. The minimum atomic E-state index is -0.608. The fraction of sp³-hybridized carbons (Fsp3) is 0.0435. The minimum absolute atomic E-state index is 0.0475. The molecule has 0 unspecified atom stereocenters. The maximum absolute atomic E-state index is 14.0. The Labute approximate surface area is 186 Å². The van der Waals surface area contributed by atoms with Crippen molar-refractivity contribution in [3.63, 3.8) is 0 Å². The van der Waals surface area contributed by atoms with Crippen molar-refractivity contribution in [2.75, 3.05) is 0 Å². The van der Waals surface area contributed by atoms with Gasteiger partial charge in [-0.1, -0.05) is 35.9 Å². The Morgan fingerprint density at radius 2 is 2.06 bits per heavy atom. The van der Waals surface area contributed by atoms with Crippen molar-refractivity contribution < 1.29 is 14.1 Å². The van der Waals surface area contributed by atoms with Gasteiger partial charge >= 0.3 is 5.69 Å². The van der Waals surface area contributed by atoms with E-state index in [4.69, 9.17) is 16.3 Å². The van der Waals surface area contributed by atoms with Crippen molar-refractivity contribution in [3.05, 3.63) is 98.6 Å². The van der Waals surface area contributed by atoms with Crippen LogP contribution in [0.2, 0.25) is 5.02 Å². The summed E-state index contributed by atoms with van der Waals surface area (Å²) >= 11 is 5.98. The number of nitrogens with one attached hydrogen (secondary N) is 1. The highest BCUT2D eigenvalue weighted by atomic mass is 35.5. The van der Waals surface area contributed by atoms with Gasteiger partial charge < -0.3 is 9.72 Å².